The van der Waals surface area contributed by atoms with E-state index in [1.165, 1.54) is 20.3 Å². The molecule has 0 aliphatic rings. The third kappa shape index (κ3) is 6.51. The first-order chi connectivity index (χ1) is 14.4. The van der Waals surface area contributed by atoms with Crippen molar-refractivity contribution in [1.29, 1.82) is 5.26 Å². The minimum Gasteiger partial charge on any atom is -0.493 e. The Morgan fingerprint density at radius 1 is 1.17 bits per heavy atom. The highest BCUT2D eigenvalue weighted by molar-refractivity contribution is 6.32. The molecular formula is C23H26ClN3O3. The summed E-state index contributed by atoms with van der Waals surface area (Å²) in [6.07, 6.45) is 3.21. The van der Waals surface area contributed by atoms with E-state index in [0.29, 0.717) is 35.2 Å². The van der Waals surface area contributed by atoms with E-state index in [-0.39, 0.29) is 5.91 Å². The zero-order valence-electron chi connectivity index (χ0n) is 17.7. The van der Waals surface area contributed by atoms with E-state index in [2.05, 4.69) is 6.07 Å². The van der Waals surface area contributed by atoms with Gasteiger partial charge in [-0.05, 0) is 55.6 Å². The fraction of sp³-hybridized carbons (Fsp3) is 0.304. The van der Waals surface area contributed by atoms with Gasteiger partial charge in [0.25, 0.3) is 0 Å². The molecule has 0 unspecified atom stereocenters. The van der Waals surface area contributed by atoms with Crippen molar-refractivity contribution in [3.63, 3.8) is 0 Å². The van der Waals surface area contributed by atoms with Crippen LogP contribution in [0.5, 0.6) is 11.5 Å². The van der Waals surface area contributed by atoms with Crippen LogP contribution in [-0.2, 0) is 11.3 Å². The summed E-state index contributed by atoms with van der Waals surface area (Å²) in [6, 6.07) is 12.9. The van der Waals surface area contributed by atoms with Crippen molar-refractivity contribution in [2.45, 2.75) is 6.54 Å². The number of halogens is 1. The van der Waals surface area contributed by atoms with Crippen LogP contribution in [0.25, 0.3) is 6.08 Å². The number of carbonyl (C=O) groups excluding carboxylic acids is 1. The molecule has 0 saturated carbocycles. The predicted octanol–water partition coefficient (Wildman–Crippen LogP) is 3.83. The number of benzene rings is 2. The van der Waals surface area contributed by atoms with Gasteiger partial charge in [0.2, 0.25) is 5.91 Å². The van der Waals surface area contributed by atoms with Gasteiger partial charge in [-0.15, -0.1) is 0 Å². The van der Waals surface area contributed by atoms with E-state index in [1.54, 1.807) is 35.2 Å². The van der Waals surface area contributed by atoms with Crippen molar-refractivity contribution < 1.29 is 14.3 Å². The fourth-order valence-electron chi connectivity index (χ4n) is 2.85. The molecule has 0 aliphatic carbocycles. The minimum absolute atomic E-state index is 0.134. The Labute approximate surface area is 182 Å². The highest BCUT2D eigenvalue weighted by Gasteiger charge is 2.13. The molecule has 0 aromatic heterocycles. The second-order valence-electron chi connectivity index (χ2n) is 6.95. The molecule has 0 N–H and O–H groups in total. The van der Waals surface area contributed by atoms with Crippen molar-refractivity contribution in [3.8, 4) is 17.6 Å². The number of rotatable bonds is 9. The summed E-state index contributed by atoms with van der Waals surface area (Å²) in [6.45, 7) is 1.69. The van der Waals surface area contributed by atoms with Crippen LogP contribution < -0.4 is 9.47 Å². The lowest BCUT2D eigenvalue weighted by Gasteiger charge is -2.23. The molecule has 7 heteroatoms. The molecule has 0 spiro atoms. The van der Waals surface area contributed by atoms with Crippen LogP contribution in [0.2, 0.25) is 5.02 Å². The molecule has 0 aliphatic heterocycles. The number of likely N-dealkylation sites (N-methyl/N-ethyl adjacent to an activating group) is 1. The number of nitrogens with zero attached hydrogens (tertiary/aromatic N) is 3. The third-order valence-corrected chi connectivity index (χ3v) is 4.71. The summed E-state index contributed by atoms with van der Waals surface area (Å²) in [4.78, 5) is 16.7. The summed E-state index contributed by atoms with van der Waals surface area (Å²) in [5, 5.41) is 9.52. The van der Waals surface area contributed by atoms with Gasteiger partial charge in [0.05, 0.1) is 30.9 Å². The van der Waals surface area contributed by atoms with Gasteiger partial charge in [-0.3, -0.25) is 4.79 Å². The van der Waals surface area contributed by atoms with Crippen molar-refractivity contribution in [2.24, 2.45) is 0 Å². The Balaban J connectivity index is 2.23. The first kappa shape index (κ1) is 23.3. The van der Waals surface area contributed by atoms with Crippen LogP contribution in [0.1, 0.15) is 16.7 Å². The second kappa shape index (κ2) is 11.2. The first-order valence-corrected chi connectivity index (χ1v) is 9.78. The highest BCUT2D eigenvalue weighted by atomic mass is 35.5. The Bertz CT molecular complexity index is 951. The zero-order chi connectivity index (χ0) is 22.1. The van der Waals surface area contributed by atoms with Crippen molar-refractivity contribution in [2.75, 3.05) is 41.4 Å². The van der Waals surface area contributed by atoms with Gasteiger partial charge in [0.1, 0.15) is 0 Å². The van der Waals surface area contributed by atoms with E-state index in [0.717, 1.165) is 17.7 Å². The van der Waals surface area contributed by atoms with E-state index in [4.69, 9.17) is 26.3 Å². The topological polar surface area (TPSA) is 65.8 Å². The smallest absolute Gasteiger partial charge is 0.246 e. The maximum Gasteiger partial charge on any atom is 0.246 e. The van der Waals surface area contributed by atoms with Crippen LogP contribution in [-0.4, -0.2) is 57.1 Å². The van der Waals surface area contributed by atoms with E-state index < -0.39 is 0 Å². The normalized spacial score (nSPS) is 10.8. The van der Waals surface area contributed by atoms with Crippen molar-refractivity contribution in [1.82, 2.24) is 9.80 Å². The molecule has 2 rings (SSSR count). The summed E-state index contributed by atoms with van der Waals surface area (Å²) in [5.74, 6) is 0.813. The Kier molecular flexibility index (Phi) is 8.72. The number of ether oxygens (including phenoxy) is 2. The number of nitriles is 1. The van der Waals surface area contributed by atoms with Gasteiger partial charge in [0, 0.05) is 25.7 Å². The van der Waals surface area contributed by atoms with Gasteiger partial charge in [-0.1, -0.05) is 23.7 Å². The van der Waals surface area contributed by atoms with Gasteiger partial charge in [-0.2, -0.15) is 5.26 Å². The van der Waals surface area contributed by atoms with Crippen LogP contribution in [0, 0.1) is 11.3 Å². The maximum absolute atomic E-state index is 12.9. The first-order valence-electron chi connectivity index (χ1n) is 9.40. The molecule has 0 saturated heterocycles. The molecule has 0 heterocycles. The average Bonchev–Trinajstić information content (AvgIpc) is 2.74. The molecule has 0 fully saturated rings. The number of hydrogen-bond acceptors (Lipinski definition) is 5. The molecule has 0 atom stereocenters. The largest absolute Gasteiger partial charge is 0.493 e. The maximum atomic E-state index is 12.9. The number of carbonyl (C=O) groups is 1. The van der Waals surface area contributed by atoms with Crippen molar-refractivity contribution >= 4 is 23.6 Å². The summed E-state index contributed by atoms with van der Waals surface area (Å²) in [7, 11) is 6.97. The lowest BCUT2D eigenvalue weighted by Crippen LogP contribution is -2.35. The molecule has 30 heavy (non-hydrogen) atoms. The number of methoxy groups -OCH3 is 2. The van der Waals surface area contributed by atoms with E-state index in [1.807, 2.05) is 31.1 Å². The Morgan fingerprint density at radius 3 is 2.57 bits per heavy atom. The zero-order valence-corrected chi connectivity index (χ0v) is 18.4. The van der Waals surface area contributed by atoms with E-state index in [9.17, 15) is 4.79 Å². The molecule has 0 radical (unpaired) electrons. The molecule has 2 aromatic carbocycles. The highest BCUT2D eigenvalue weighted by Crippen LogP contribution is 2.36. The molecular weight excluding hydrogens is 402 g/mol. The SMILES string of the molecule is COc1cc(C=CC(=O)N(CCN(C)C)Cc2cccc(C#N)c2)cc(Cl)c1OC. The molecule has 1 amide bonds. The third-order valence-electron chi connectivity index (χ3n) is 4.43. The average molecular weight is 428 g/mol. The molecule has 0 bridgehead atoms. The van der Waals surface area contributed by atoms with Crippen molar-refractivity contribution in [3.05, 3.63) is 64.2 Å². The van der Waals surface area contributed by atoms with Gasteiger partial charge >= 0.3 is 0 Å². The molecule has 2 aromatic rings. The summed E-state index contributed by atoms with van der Waals surface area (Å²) >= 11 is 6.25. The second-order valence-corrected chi connectivity index (χ2v) is 7.35. The van der Waals surface area contributed by atoms with Crippen LogP contribution in [0.4, 0.5) is 0 Å². The molecule has 158 valence electrons. The van der Waals surface area contributed by atoms with Crippen LogP contribution in [0.15, 0.2) is 42.5 Å². The van der Waals surface area contributed by atoms with Crippen LogP contribution in [0.3, 0.4) is 0 Å². The lowest BCUT2D eigenvalue weighted by molar-refractivity contribution is -0.126. The predicted molar refractivity (Wildman–Crippen MR) is 119 cm³/mol. The summed E-state index contributed by atoms with van der Waals surface area (Å²) in [5.41, 5.74) is 2.21. The fourth-order valence-corrected chi connectivity index (χ4v) is 3.15. The standard InChI is InChI=1S/C23H26ClN3O3/c1-26(2)10-11-27(16-19-7-5-6-18(12-19)15-25)22(28)9-8-17-13-20(24)23(30-4)21(14-17)29-3/h5-9,12-14H,10-11,16H2,1-4H3. The minimum atomic E-state index is -0.134. The van der Waals surface area contributed by atoms with Crippen LogP contribution >= 0.6 is 11.6 Å². The quantitative estimate of drug-likeness (QED) is 0.569. The number of hydrogen-bond donors (Lipinski definition) is 0. The Hall–Kier alpha value is -3.01. The monoisotopic (exact) mass is 427 g/mol. The summed E-state index contributed by atoms with van der Waals surface area (Å²) < 4.78 is 10.5. The van der Waals surface area contributed by atoms with E-state index >= 15 is 0 Å². The van der Waals surface area contributed by atoms with Gasteiger partial charge in [-0.25, -0.2) is 0 Å². The number of amides is 1. The molecule has 6 nitrogen and oxygen atoms in total. The Morgan fingerprint density at radius 2 is 1.93 bits per heavy atom. The lowest BCUT2D eigenvalue weighted by atomic mass is 10.1. The van der Waals surface area contributed by atoms with Gasteiger partial charge in [0.15, 0.2) is 11.5 Å². The van der Waals surface area contributed by atoms with Gasteiger partial charge < -0.3 is 19.3 Å².